The van der Waals surface area contributed by atoms with Gasteiger partial charge in [0, 0.05) is 17.6 Å². The Bertz CT molecular complexity index is 1110. The number of aromatic amines is 1. The van der Waals surface area contributed by atoms with E-state index in [1.54, 1.807) is 6.07 Å². The number of aryl methyl sites for hydroxylation is 2. The monoisotopic (exact) mass is 405 g/mol. The van der Waals surface area contributed by atoms with Crippen LogP contribution in [-0.4, -0.2) is 28.8 Å². The van der Waals surface area contributed by atoms with Crippen LogP contribution in [0.2, 0.25) is 0 Å². The van der Waals surface area contributed by atoms with Crippen LogP contribution in [0.4, 0.5) is 4.39 Å². The van der Waals surface area contributed by atoms with Gasteiger partial charge in [0.2, 0.25) is 0 Å². The lowest BCUT2D eigenvalue weighted by atomic mass is 10.1. The zero-order valence-corrected chi connectivity index (χ0v) is 16.0. The standard InChI is InChI=1S/C19H20FN3O4S/c1-27-17-7-6-13(11-15(17)20)28(21,26)9-3-8-22-18(24)14-10-12-4-2-5-16(12)23-19(14)25/h3,6-7,9-11,21H,2,4-5,8H2,1H3,(H,22,24)(H,23,25)/b9-3+. The van der Waals surface area contributed by atoms with Gasteiger partial charge in [-0.15, -0.1) is 0 Å². The number of halogens is 1. The first-order valence-electron chi connectivity index (χ1n) is 8.64. The number of carbonyl (C=O) groups is 1. The zero-order chi connectivity index (χ0) is 20.3. The molecule has 0 aliphatic heterocycles. The molecule has 1 heterocycles. The molecule has 1 aliphatic rings. The van der Waals surface area contributed by atoms with Gasteiger partial charge in [0.25, 0.3) is 11.5 Å². The fourth-order valence-corrected chi connectivity index (χ4v) is 4.10. The van der Waals surface area contributed by atoms with E-state index in [1.165, 1.54) is 25.3 Å². The average Bonchev–Trinajstić information content (AvgIpc) is 3.11. The fraction of sp³-hybridized carbons (Fsp3) is 0.263. The van der Waals surface area contributed by atoms with Crippen molar-refractivity contribution in [1.82, 2.24) is 10.3 Å². The second kappa shape index (κ2) is 7.97. The number of pyridine rings is 1. The van der Waals surface area contributed by atoms with E-state index in [0.717, 1.165) is 42.0 Å². The van der Waals surface area contributed by atoms with E-state index in [9.17, 15) is 18.2 Å². The minimum absolute atomic E-state index is 0.00485. The van der Waals surface area contributed by atoms with Crippen molar-refractivity contribution in [3.63, 3.8) is 0 Å². The molecule has 1 amide bonds. The molecule has 1 aromatic heterocycles. The molecule has 1 unspecified atom stereocenters. The van der Waals surface area contributed by atoms with E-state index in [1.807, 2.05) is 0 Å². The van der Waals surface area contributed by atoms with Gasteiger partial charge in [-0.1, -0.05) is 6.08 Å². The topological polar surface area (TPSA) is 112 Å². The Morgan fingerprint density at radius 1 is 1.39 bits per heavy atom. The second-order valence-corrected chi connectivity index (χ2v) is 8.29. The Hall–Kier alpha value is -2.94. The summed E-state index contributed by atoms with van der Waals surface area (Å²) in [4.78, 5) is 27.0. The summed E-state index contributed by atoms with van der Waals surface area (Å²) in [6.07, 6.45) is 3.92. The third kappa shape index (κ3) is 4.14. The zero-order valence-electron chi connectivity index (χ0n) is 15.2. The molecule has 0 bridgehead atoms. The van der Waals surface area contributed by atoms with Gasteiger partial charge in [0.15, 0.2) is 11.6 Å². The number of ether oxygens (including phenoxy) is 1. The molecule has 3 rings (SSSR count). The highest BCUT2D eigenvalue weighted by atomic mass is 32.2. The molecule has 0 radical (unpaired) electrons. The van der Waals surface area contributed by atoms with Crippen molar-refractivity contribution in [3.8, 4) is 5.75 Å². The molecule has 1 atom stereocenters. The lowest BCUT2D eigenvalue weighted by Gasteiger charge is -2.06. The summed E-state index contributed by atoms with van der Waals surface area (Å²) in [6.45, 7) is -0.0239. The summed E-state index contributed by atoms with van der Waals surface area (Å²) in [5.41, 5.74) is 1.43. The third-order valence-electron chi connectivity index (χ3n) is 4.47. The lowest BCUT2D eigenvalue weighted by molar-refractivity contribution is 0.0956. The predicted molar refractivity (Wildman–Crippen MR) is 103 cm³/mol. The Balaban J connectivity index is 1.66. The fourth-order valence-electron chi connectivity index (χ4n) is 3.03. The Morgan fingerprint density at radius 2 is 2.18 bits per heavy atom. The average molecular weight is 405 g/mol. The number of hydrogen-bond donors (Lipinski definition) is 3. The van der Waals surface area contributed by atoms with Crippen LogP contribution in [0.5, 0.6) is 5.75 Å². The van der Waals surface area contributed by atoms with Crippen molar-refractivity contribution >= 4 is 15.6 Å². The summed E-state index contributed by atoms with van der Waals surface area (Å²) in [7, 11) is -2.07. The minimum Gasteiger partial charge on any atom is -0.494 e. The number of hydrogen-bond acceptors (Lipinski definition) is 5. The molecule has 1 aromatic carbocycles. The normalized spacial score (nSPS) is 15.2. The SMILES string of the molecule is COc1ccc(S(=N)(=O)/C=C/CNC(=O)c2cc3c([nH]c2=O)CCC3)cc1F. The molecule has 3 N–H and O–H groups in total. The van der Waals surface area contributed by atoms with E-state index in [0.29, 0.717) is 0 Å². The van der Waals surface area contributed by atoms with Crippen molar-refractivity contribution in [1.29, 1.82) is 4.78 Å². The molecule has 7 nitrogen and oxygen atoms in total. The first kappa shape index (κ1) is 19.8. The summed E-state index contributed by atoms with van der Waals surface area (Å²) in [5, 5.41) is 3.63. The van der Waals surface area contributed by atoms with E-state index < -0.39 is 27.0 Å². The van der Waals surface area contributed by atoms with Crippen molar-refractivity contribution in [2.24, 2.45) is 0 Å². The first-order valence-corrected chi connectivity index (χ1v) is 10.3. The van der Waals surface area contributed by atoms with Crippen molar-refractivity contribution < 1.29 is 18.1 Å². The molecule has 0 saturated heterocycles. The number of aromatic nitrogens is 1. The highest BCUT2D eigenvalue weighted by molar-refractivity contribution is 7.95. The maximum absolute atomic E-state index is 13.7. The largest absolute Gasteiger partial charge is 0.494 e. The predicted octanol–water partition coefficient (Wildman–Crippen LogP) is 2.36. The molecule has 0 saturated carbocycles. The third-order valence-corrected chi connectivity index (χ3v) is 6.00. The minimum atomic E-state index is -3.38. The Labute approximate surface area is 161 Å². The van der Waals surface area contributed by atoms with Gasteiger partial charge in [0.1, 0.15) is 5.56 Å². The molecule has 0 spiro atoms. The quantitative estimate of drug-likeness (QED) is 0.685. The lowest BCUT2D eigenvalue weighted by Crippen LogP contribution is -2.30. The molecule has 148 valence electrons. The van der Waals surface area contributed by atoms with Gasteiger partial charge >= 0.3 is 0 Å². The van der Waals surface area contributed by atoms with E-state index in [-0.39, 0.29) is 22.8 Å². The molecule has 2 aromatic rings. The number of H-pyrrole nitrogens is 1. The number of amides is 1. The van der Waals surface area contributed by atoms with Crippen LogP contribution in [0.1, 0.15) is 28.0 Å². The van der Waals surface area contributed by atoms with E-state index in [4.69, 9.17) is 9.52 Å². The molecule has 9 heteroatoms. The molecular formula is C19H20FN3O4S. The summed E-state index contributed by atoms with van der Waals surface area (Å²) < 4.78 is 38.9. The van der Waals surface area contributed by atoms with Crippen LogP contribution in [0.25, 0.3) is 0 Å². The molecule has 1 aliphatic carbocycles. The Morgan fingerprint density at radius 3 is 2.89 bits per heavy atom. The number of carbonyl (C=O) groups excluding carboxylic acids is 1. The van der Waals surface area contributed by atoms with Gasteiger partial charge in [0.05, 0.1) is 21.7 Å². The van der Waals surface area contributed by atoms with Crippen LogP contribution in [-0.2, 0) is 22.6 Å². The van der Waals surface area contributed by atoms with Crippen LogP contribution in [0.3, 0.4) is 0 Å². The highest BCUT2D eigenvalue weighted by Gasteiger charge is 2.17. The van der Waals surface area contributed by atoms with E-state index in [2.05, 4.69) is 10.3 Å². The number of fused-ring (bicyclic) bond motifs is 1. The van der Waals surface area contributed by atoms with Crippen LogP contribution < -0.4 is 15.6 Å². The van der Waals surface area contributed by atoms with Gasteiger partial charge in [-0.3, -0.25) is 9.59 Å². The van der Waals surface area contributed by atoms with Crippen molar-refractivity contribution in [2.75, 3.05) is 13.7 Å². The summed E-state index contributed by atoms with van der Waals surface area (Å²) >= 11 is 0. The summed E-state index contributed by atoms with van der Waals surface area (Å²) in [5.74, 6) is -1.26. The molecule has 28 heavy (non-hydrogen) atoms. The maximum Gasteiger partial charge on any atom is 0.261 e. The van der Waals surface area contributed by atoms with Crippen molar-refractivity contribution in [3.05, 3.63) is 68.7 Å². The highest BCUT2D eigenvalue weighted by Crippen LogP contribution is 2.22. The Kier molecular flexibility index (Phi) is 5.64. The van der Waals surface area contributed by atoms with Gasteiger partial charge in [-0.25, -0.2) is 13.4 Å². The van der Waals surface area contributed by atoms with E-state index >= 15 is 0 Å². The number of rotatable bonds is 6. The number of benzene rings is 1. The van der Waals surface area contributed by atoms with Crippen LogP contribution in [0, 0.1) is 10.6 Å². The molecular weight excluding hydrogens is 385 g/mol. The van der Waals surface area contributed by atoms with Gasteiger partial charge in [-0.2, -0.15) is 0 Å². The van der Waals surface area contributed by atoms with Gasteiger partial charge < -0.3 is 15.0 Å². The molecule has 0 fully saturated rings. The van der Waals surface area contributed by atoms with Crippen LogP contribution in [0.15, 0.2) is 45.4 Å². The smallest absolute Gasteiger partial charge is 0.261 e. The second-order valence-electron chi connectivity index (χ2n) is 6.35. The van der Waals surface area contributed by atoms with Crippen LogP contribution >= 0.6 is 0 Å². The van der Waals surface area contributed by atoms with Crippen molar-refractivity contribution in [2.45, 2.75) is 24.2 Å². The first-order chi connectivity index (χ1) is 13.3. The van der Waals surface area contributed by atoms with Gasteiger partial charge in [-0.05, 0) is 49.1 Å². The number of nitrogens with one attached hydrogen (secondary N) is 3. The number of methoxy groups -OCH3 is 1. The summed E-state index contributed by atoms with van der Waals surface area (Å²) in [6, 6.07) is 5.24. The maximum atomic E-state index is 13.7.